The van der Waals surface area contributed by atoms with E-state index in [2.05, 4.69) is 20.3 Å². The molecule has 2 amide bonds. The van der Waals surface area contributed by atoms with E-state index in [-0.39, 0.29) is 11.4 Å². The summed E-state index contributed by atoms with van der Waals surface area (Å²) in [5.74, 6) is -0.882. The second-order valence-corrected chi connectivity index (χ2v) is 6.87. The zero-order valence-corrected chi connectivity index (χ0v) is 16.8. The summed E-state index contributed by atoms with van der Waals surface area (Å²) in [6.45, 7) is 4.05. The van der Waals surface area contributed by atoms with Crippen molar-refractivity contribution in [3.8, 4) is 5.95 Å². The lowest BCUT2D eigenvalue weighted by atomic mass is 10.0. The first kappa shape index (κ1) is 19.4. The van der Waals surface area contributed by atoms with Gasteiger partial charge in [0.1, 0.15) is 12.0 Å². The lowest BCUT2D eigenvalue weighted by molar-refractivity contribution is 0.0971. The van der Waals surface area contributed by atoms with Gasteiger partial charge in [-0.2, -0.15) is 0 Å². The van der Waals surface area contributed by atoms with Crippen LogP contribution in [-0.2, 0) is 12.8 Å². The quantitative estimate of drug-likeness (QED) is 0.459. The smallest absolute Gasteiger partial charge is 0.275 e. The molecule has 8 nitrogen and oxygen atoms in total. The van der Waals surface area contributed by atoms with Crippen LogP contribution in [0.25, 0.3) is 17.0 Å². The van der Waals surface area contributed by atoms with Crippen molar-refractivity contribution in [2.45, 2.75) is 26.7 Å². The number of primary amides is 1. The van der Waals surface area contributed by atoms with Gasteiger partial charge in [-0.15, -0.1) is 0 Å². The molecule has 0 atom stereocenters. The first-order valence-corrected chi connectivity index (χ1v) is 9.77. The van der Waals surface area contributed by atoms with Crippen LogP contribution >= 0.6 is 0 Å². The number of aromatic nitrogens is 4. The van der Waals surface area contributed by atoms with E-state index in [1.165, 1.54) is 10.9 Å². The molecule has 0 fully saturated rings. The Morgan fingerprint density at radius 1 is 1.07 bits per heavy atom. The predicted molar refractivity (Wildman–Crippen MR) is 115 cm³/mol. The number of benzene rings is 2. The number of nitrogens with two attached hydrogens (primary N) is 1. The molecule has 0 aliphatic rings. The van der Waals surface area contributed by atoms with Crippen LogP contribution in [0.4, 0.5) is 5.69 Å². The molecule has 2 aromatic heterocycles. The highest BCUT2D eigenvalue weighted by Gasteiger charge is 2.25. The van der Waals surface area contributed by atoms with Gasteiger partial charge in [0.2, 0.25) is 5.95 Å². The van der Waals surface area contributed by atoms with Gasteiger partial charge in [-0.05, 0) is 36.1 Å². The molecule has 2 heterocycles. The Bertz CT molecular complexity index is 1200. The van der Waals surface area contributed by atoms with Gasteiger partial charge in [-0.3, -0.25) is 14.2 Å². The number of amides is 2. The standard InChI is InChI=1S/C22H22N6O2/c1-3-13-8-7-9-14(4-2)17(13)27-21(30)19-18(20(23)29)24-12-28(19)22-25-15-10-5-6-11-16(15)26-22/h5-12H,3-4H2,1-2H3,(H2,23,29)(H,25,26)(H,27,30). The van der Waals surface area contributed by atoms with Crippen LogP contribution in [0.2, 0.25) is 0 Å². The number of hydrogen-bond donors (Lipinski definition) is 3. The number of nitrogens with one attached hydrogen (secondary N) is 2. The number of aromatic amines is 1. The van der Waals surface area contributed by atoms with E-state index < -0.39 is 11.8 Å². The molecule has 0 aliphatic heterocycles. The molecule has 30 heavy (non-hydrogen) atoms. The van der Waals surface area contributed by atoms with Crippen molar-refractivity contribution in [2.75, 3.05) is 5.32 Å². The van der Waals surface area contributed by atoms with Crippen LogP contribution in [0.3, 0.4) is 0 Å². The number of aryl methyl sites for hydroxylation is 2. The number of fused-ring (bicyclic) bond motifs is 1. The number of hydrogen-bond acceptors (Lipinski definition) is 4. The summed E-state index contributed by atoms with van der Waals surface area (Å²) >= 11 is 0. The number of nitrogens with zero attached hydrogens (tertiary/aromatic N) is 3. The first-order valence-electron chi connectivity index (χ1n) is 9.77. The van der Waals surface area contributed by atoms with Gasteiger partial charge < -0.3 is 16.0 Å². The maximum atomic E-state index is 13.3. The Kier molecular flexibility index (Phi) is 5.05. The minimum Gasteiger partial charge on any atom is -0.364 e. The average Bonchev–Trinajstić information content (AvgIpc) is 3.38. The number of imidazole rings is 2. The highest BCUT2D eigenvalue weighted by molar-refractivity contribution is 6.10. The molecule has 0 radical (unpaired) electrons. The summed E-state index contributed by atoms with van der Waals surface area (Å²) < 4.78 is 1.45. The lowest BCUT2D eigenvalue weighted by Gasteiger charge is -2.15. The SMILES string of the molecule is CCc1cccc(CC)c1NC(=O)c1c(C(N)=O)ncn1-c1nc2ccccc2[nH]1. The van der Waals surface area contributed by atoms with Gasteiger partial charge in [-0.1, -0.05) is 44.2 Å². The Labute approximate surface area is 173 Å². The summed E-state index contributed by atoms with van der Waals surface area (Å²) in [7, 11) is 0. The predicted octanol–water partition coefficient (Wildman–Crippen LogP) is 3.22. The molecule has 0 bridgehead atoms. The van der Waals surface area contributed by atoms with Crippen molar-refractivity contribution in [3.63, 3.8) is 0 Å². The van der Waals surface area contributed by atoms with Crippen molar-refractivity contribution in [1.82, 2.24) is 19.5 Å². The van der Waals surface area contributed by atoms with Gasteiger partial charge in [0.05, 0.1) is 11.0 Å². The van der Waals surface area contributed by atoms with E-state index in [0.29, 0.717) is 5.95 Å². The van der Waals surface area contributed by atoms with Gasteiger partial charge in [0.15, 0.2) is 5.69 Å². The third-order valence-electron chi connectivity index (χ3n) is 5.06. The van der Waals surface area contributed by atoms with Crippen LogP contribution in [0.15, 0.2) is 48.8 Å². The first-order chi connectivity index (χ1) is 14.5. The van der Waals surface area contributed by atoms with E-state index in [0.717, 1.165) is 40.7 Å². The number of anilines is 1. The van der Waals surface area contributed by atoms with Crippen molar-refractivity contribution >= 4 is 28.5 Å². The minimum atomic E-state index is -0.783. The van der Waals surface area contributed by atoms with Crippen LogP contribution < -0.4 is 11.1 Å². The Balaban J connectivity index is 1.81. The maximum absolute atomic E-state index is 13.3. The largest absolute Gasteiger partial charge is 0.364 e. The summed E-state index contributed by atoms with van der Waals surface area (Å²) in [5.41, 5.74) is 9.74. The summed E-state index contributed by atoms with van der Waals surface area (Å²) in [5, 5.41) is 2.97. The number of para-hydroxylation sites is 3. The minimum absolute atomic E-state index is 0.0366. The highest BCUT2D eigenvalue weighted by Crippen LogP contribution is 2.24. The molecule has 4 N–H and O–H groups in total. The van der Waals surface area contributed by atoms with Crippen LogP contribution in [0.5, 0.6) is 0 Å². The summed E-state index contributed by atoms with van der Waals surface area (Å²) in [4.78, 5) is 37.0. The fourth-order valence-corrected chi connectivity index (χ4v) is 3.54. The molecule has 0 unspecified atom stereocenters. The van der Waals surface area contributed by atoms with Crippen LogP contribution in [-0.4, -0.2) is 31.3 Å². The van der Waals surface area contributed by atoms with E-state index in [1.54, 1.807) is 0 Å². The highest BCUT2D eigenvalue weighted by atomic mass is 16.2. The molecule has 4 aromatic rings. The van der Waals surface area contributed by atoms with Gasteiger partial charge in [0.25, 0.3) is 11.8 Å². The van der Waals surface area contributed by atoms with E-state index >= 15 is 0 Å². The van der Waals surface area contributed by atoms with Gasteiger partial charge in [0, 0.05) is 5.69 Å². The molecule has 4 rings (SSSR count). The monoisotopic (exact) mass is 402 g/mol. The molecular formula is C22H22N6O2. The van der Waals surface area contributed by atoms with Crippen LogP contribution in [0, 0.1) is 0 Å². The molecular weight excluding hydrogens is 380 g/mol. The number of carbonyl (C=O) groups excluding carboxylic acids is 2. The maximum Gasteiger partial charge on any atom is 0.275 e. The number of H-pyrrole nitrogens is 1. The second kappa shape index (κ2) is 7.82. The van der Waals surface area contributed by atoms with Gasteiger partial charge >= 0.3 is 0 Å². The van der Waals surface area contributed by atoms with Crippen molar-refractivity contribution in [3.05, 3.63) is 71.3 Å². The lowest BCUT2D eigenvalue weighted by Crippen LogP contribution is -2.24. The van der Waals surface area contributed by atoms with Gasteiger partial charge in [-0.25, -0.2) is 9.97 Å². The number of carbonyl (C=O) groups is 2. The summed E-state index contributed by atoms with van der Waals surface area (Å²) in [6, 6.07) is 13.4. The van der Waals surface area contributed by atoms with Crippen molar-refractivity contribution in [1.29, 1.82) is 0 Å². The Morgan fingerprint density at radius 3 is 2.40 bits per heavy atom. The van der Waals surface area contributed by atoms with Crippen molar-refractivity contribution in [2.24, 2.45) is 5.73 Å². The zero-order chi connectivity index (χ0) is 21.3. The van der Waals surface area contributed by atoms with E-state index in [1.807, 2.05) is 56.3 Å². The third kappa shape index (κ3) is 3.32. The van der Waals surface area contributed by atoms with Crippen LogP contribution in [0.1, 0.15) is 46.0 Å². The molecule has 0 spiro atoms. The molecule has 2 aromatic carbocycles. The fourth-order valence-electron chi connectivity index (χ4n) is 3.54. The van der Waals surface area contributed by atoms with Crippen molar-refractivity contribution < 1.29 is 9.59 Å². The Morgan fingerprint density at radius 2 is 1.77 bits per heavy atom. The molecule has 0 aliphatic carbocycles. The van der Waals surface area contributed by atoms with E-state index in [4.69, 9.17) is 5.73 Å². The number of rotatable bonds is 6. The third-order valence-corrected chi connectivity index (χ3v) is 5.06. The molecule has 0 saturated carbocycles. The molecule has 8 heteroatoms. The topological polar surface area (TPSA) is 119 Å². The zero-order valence-electron chi connectivity index (χ0n) is 16.8. The Hall–Kier alpha value is -3.94. The molecule has 152 valence electrons. The average molecular weight is 402 g/mol. The summed E-state index contributed by atoms with van der Waals surface area (Å²) in [6.07, 6.45) is 2.89. The fraction of sp³-hybridized carbons (Fsp3) is 0.182. The second-order valence-electron chi connectivity index (χ2n) is 6.87. The molecule has 0 saturated heterocycles. The van der Waals surface area contributed by atoms with E-state index in [9.17, 15) is 9.59 Å². The normalized spacial score (nSPS) is 11.0.